The lowest BCUT2D eigenvalue weighted by molar-refractivity contribution is 0.859. The van der Waals surface area contributed by atoms with E-state index in [1.807, 2.05) is 18.2 Å². The third-order valence-corrected chi connectivity index (χ3v) is 3.63. The maximum Gasteiger partial charge on any atom is 0.128 e. The van der Waals surface area contributed by atoms with E-state index in [0.717, 1.165) is 22.5 Å². The number of aromatic nitrogens is 2. The van der Waals surface area contributed by atoms with Crippen molar-refractivity contribution in [3.8, 4) is 5.69 Å². The van der Waals surface area contributed by atoms with Gasteiger partial charge in [-0.3, -0.25) is 4.57 Å². The molecule has 0 aliphatic heterocycles. The van der Waals surface area contributed by atoms with Crippen LogP contribution >= 0.6 is 0 Å². The quantitative estimate of drug-likeness (QED) is 0.786. The Balaban J connectivity index is 2.17. The summed E-state index contributed by atoms with van der Waals surface area (Å²) in [6.07, 6.45) is 0. The number of benzene rings is 2. The monoisotopic (exact) mass is 265 g/mol. The summed E-state index contributed by atoms with van der Waals surface area (Å²) in [5, 5.41) is 0. The maximum absolute atomic E-state index is 5.85. The van der Waals surface area contributed by atoms with Gasteiger partial charge in [0.05, 0.1) is 17.6 Å². The summed E-state index contributed by atoms with van der Waals surface area (Å²) in [5.74, 6) is 1.43. The van der Waals surface area contributed by atoms with Crippen LogP contribution in [0.5, 0.6) is 0 Å². The molecular formula is C17H19N3. The largest absolute Gasteiger partial charge is 0.324 e. The Morgan fingerprint density at radius 2 is 1.75 bits per heavy atom. The normalized spacial score (nSPS) is 11.4. The molecule has 0 amide bonds. The van der Waals surface area contributed by atoms with Crippen LogP contribution < -0.4 is 5.73 Å². The summed E-state index contributed by atoms with van der Waals surface area (Å²) in [7, 11) is 0. The molecule has 3 rings (SSSR count). The van der Waals surface area contributed by atoms with Gasteiger partial charge in [0.15, 0.2) is 0 Å². The highest BCUT2D eigenvalue weighted by Gasteiger charge is 2.10. The lowest BCUT2D eigenvalue weighted by Gasteiger charge is -2.10. The van der Waals surface area contributed by atoms with Crippen LogP contribution in [-0.4, -0.2) is 9.55 Å². The van der Waals surface area contributed by atoms with Crippen LogP contribution in [0.3, 0.4) is 0 Å². The summed E-state index contributed by atoms with van der Waals surface area (Å²) in [6, 6.07) is 16.8. The van der Waals surface area contributed by atoms with E-state index in [0.29, 0.717) is 12.5 Å². The number of hydrogen-bond donors (Lipinski definition) is 1. The molecule has 0 bridgehead atoms. The Bertz CT molecular complexity index is 724. The molecule has 0 spiro atoms. The summed E-state index contributed by atoms with van der Waals surface area (Å²) in [6.45, 7) is 4.83. The molecular weight excluding hydrogens is 246 g/mol. The number of para-hydroxylation sites is 2. The van der Waals surface area contributed by atoms with Crippen LogP contribution in [0.25, 0.3) is 16.7 Å². The number of imidazole rings is 1. The second-order valence-electron chi connectivity index (χ2n) is 5.30. The molecule has 0 unspecified atom stereocenters. The summed E-state index contributed by atoms with van der Waals surface area (Å²) in [5.41, 5.74) is 10.4. The SMILES string of the molecule is CC(C)c1ccc(-n2c(CN)nc3ccccc32)cc1. The molecule has 3 nitrogen and oxygen atoms in total. The van der Waals surface area contributed by atoms with Crippen molar-refractivity contribution in [3.05, 3.63) is 59.9 Å². The fraction of sp³-hybridized carbons (Fsp3) is 0.235. The highest BCUT2D eigenvalue weighted by molar-refractivity contribution is 5.78. The first kappa shape index (κ1) is 12.9. The van der Waals surface area contributed by atoms with Gasteiger partial charge in [0.25, 0.3) is 0 Å². The van der Waals surface area contributed by atoms with Gasteiger partial charge in [0.1, 0.15) is 5.82 Å². The molecule has 2 N–H and O–H groups in total. The average Bonchev–Trinajstić information content (AvgIpc) is 2.85. The predicted octanol–water partition coefficient (Wildman–Crippen LogP) is 3.61. The molecule has 20 heavy (non-hydrogen) atoms. The molecule has 0 radical (unpaired) electrons. The highest BCUT2D eigenvalue weighted by Crippen LogP contribution is 2.23. The minimum atomic E-state index is 0.431. The van der Waals surface area contributed by atoms with Gasteiger partial charge in [-0.1, -0.05) is 38.1 Å². The molecule has 1 heterocycles. The molecule has 0 saturated carbocycles. The first-order valence-corrected chi connectivity index (χ1v) is 6.97. The fourth-order valence-electron chi connectivity index (χ4n) is 2.51. The molecule has 3 heteroatoms. The molecule has 3 aromatic rings. The van der Waals surface area contributed by atoms with Gasteiger partial charge in [0.2, 0.25) is 0 Å². The topological polar surface area (TPSA) is 43.8 Å². The molecule has 0 atom stereocenters. The molecule has 0 aliphatic carbocycles. The number of hydrogen-bond acceptors (Lipinski definition) is 2. The van der Waals surface area contributed by atoms with E-state index in [-0.39, 0.29) is 0 Å². The summed E-state index contributed by atoms with van der Waals surface area (Å²) in [4.78, 5) is 4.60. The molecule has 102 valence electrons. The van der Waals surface area contributed by atoms with Crippen molar-refractivity contribution in [2.45, 2.75) is 26.3 Å². The second kappa shape index (κ2) is 5.10. The zero-order valence-corrected chi connectivity index (χ0v) is 11.9. The minimum Gasteiger partial charge on any atom is -0.324 e. The van der Waals surface area contributed by atoms with Crippen LogP contribution in [0, 0.1) is 0 Å². The fourth-order valence-corrected chi connectivity index (χ4v) is 2.51. The zero-order valence-electron chi connectivity index (χ0n) is 11.9. The Hall–Kier alpha value is -2.13. The third kappa shape index (κ3) is 2.10. The number of nitrogens with zero attached hydrogens (tertiary/aromatic N) is 2. The standard InChI is InChI=1S/C17H19N3/c1-12(2)13-7-9-14(10-8-13)20-16-6-4-3-5-15(16)19-17(20)11-18/h3-10,12H,11,18H2,1-2H3. The van der Waals surface area contributed by atoms with Crippen molar-refractivity contribution in [2.75, 3.05) is 0 Å². The maximum atomic E-state index is 5.85. The highest BCUT2D eigenvalue weighted by atomic mass is 15.1. The zero-order chi connectivity index (χ0) is 14.1. The van der Waals surface area contributed by atoms with Gasteiger partial charge in [-0.25, -0.2) is 4.98 Å². The lowest BCUT2D eigenvalue weighted by atomic mass is 10.0. The van der Waals surface area contributed by atoms with E-state index in [2.05, 4.69) is 53.7 Å². The van der Waals surface area contributed by atoms with Crippen LogP contribution in [0.2, 0.25) is 0 Å². The Morgan fingerprint density at radius 3 is 2.40 bits per heavy atom. The first-order chi connectivity index (χ1) is 9.70. The van der Waals surface area contributed by atoms with Crippen molar-refractivity contribution in [2.24, 2.45) is 5.73 Å². The Morgan fingerprint density at radius 1 is 1.05 bits per heavy atom. The summed E-state index contributed by atoms with van der Waals surface area (Å²) < 4.78 is 2.14. The van der Waals surface area contributed by atoms with E-state index in [4.69, 9.17) is 5.73 Å². The van der Waals surface area contributed by atoms with E-state index >= 15 is 0 Å². The Kier molecular flexibility index (Phi) is 3.28. The second-order valence-corrected chi connectivity index (χ2v) is 5.30. The van der Waals surface area contributed by atoms with Crippen molar-refractivity contribution in [1.29, 1.82) is 0 Å². The number of nitrogens with two attached hydrogens (primary N) is 1. The molecule has 2 aromatic carbocycles. The third-order valence-electron chi connectivity index (χ3n) is 3.63. The van der Waals surface area contributed by atoms with Gasteiger partial charge in [-0.2, -0.15) is 0 Å². The van der Waals surface area contributed by atoms with Gasteiger partial charge < -0.3 is 5.73 Å². The van der Waals surface area contributed by atoms with Crippen LogP contribution in [0.1, 0.15) is 31.2 Å². The molecule has 0 saturated heterocycles. The lowest BCUT2D eigenvalue weighted by Crippen LogP contribution is -2.06. The number of rotatable bonds is 3. The van der Waals surface area contributed by atoms with Crippen molar-refractivity contribution in [3.63, 3.8) is 0 Å². The summed E-state index contributed by atoms with van der Waals surface area (Å²) >= 11 is 0. The van der Waals surface area contributed by atoms with Crippen molar-refractivity contribution < 1.29 is 0 Å². The smallest absolute Gasteiger partial charge is 0.128 e. The van der Waals surface area contributed by atoms with Crippen LogP contribution in [-0.2, 0) is 6.54 Å². The molecule has 0 aliphatic rings. The molecule has 0 fully saturated rings. The van der Waals surface area contributed by atoms with Gasteiger partial charge >= 0.3 is 0 Å². The van der Waals surface area contributed by atoms with Crippen LogP contribution in [0.15, 0.2) is 48.5 Å². The Labute approximate surface area is 119 Å². The van der Waals surface area contributed by atoms with E-state index in [1.165, 1.54) is 5.56 Å². The van der Waals surface area contributed by atoms with E-state index in [1.54, 1.807) is 0 Å². The van der Waals surface area contributed by atoms with Gasteiger partial charge in [-0.15, -0.1) is 0 Å². The first-order valence-electron chi connectivity index (χ1n) is 6.97. The average molecular weight is 265 g/mol. The van der Waals surface area contributed by atoms with Gasteiger partial charge in [-0.05, 0) is 35.7 Å². The van der Waals surface area contributed by atoms with E-state index < -0.39 is 0 Å². The molecule has 1 aromatic heterocycles. The number of fused-ring (bicyclic) bond motifs is 1. The van der Waals surface area contributed by atoms with Crippen molar-refractivity contribution >= 4 is 11.0 Å². The van der Waals surface area contributed by atoms with Crippen molar-refractivity contribution in [1.82, 2.24) is 9.55 Å². The van der Waals surface area contributed by atoms with Gasteiger partial charge in [0, 0.05) is 5.69 Å². The minimum absolute atomic E-state index is 0.431. The van der Waals surface area contributed by atoms with E-state index in [9.17, 15) is 0 Å². The van der Waals surface area contributed by atoms with Crippen LogP contribution in [0.4, 0.5) is 0 Å². The predicted molar refractivity (Wildman–Crippen MR) is 83.1 cm³/mol.